The second-order valence-electron chi connectivity index (χ2n) is 2.81. The fourth-order valence-electron chi connectivity index (χ4n) is 0.247. The molecule has 0 aliphatic carbocycles. The lowest BCUT2D eigenvalue weighted by molar-refractivity contribution is -0.137. The van der Waals surface area contributed by atoms with Gasteiger partial charge in [0.05, 0.1) is 6.26 Å². The van der Waals surface area contributed by atoms with Crippen LogP contribution in [-0.2, 0) is 18.0 Å². The van der Waals surface area contributed by atoms with Crippen LogP contribution in [0.2, 0.25) is 19.6 Å². The topological polar surface area (TPSA) is 44.8 Å². The molecule has 0 heterocycles. The average Bonchev–Trinajstić information content (AvgIpc) is 1.83. The van der Waals surface area contributed by atoms with E-state index in [4.69, 9.17) is 4.58 Å². The SMILES string of the molecule is C=CO[Si](=O)OO[Si](C)(C)C. The molecule has 64 valence electrons. The van der Waals surface area contributed by atoms with Crippen molar-refractivity contribution in [1.29, 1.82) is 0 Å². The molecule has 0 spiro atoms. The minimum absolute atomic E-state index is 1.06. The van der Waals surface area contributed by atoms with Crippen molar-refractivity contribution in [3.63, 3.8) is 0 Å². The van der Waals surface area contributed by atoms with E-state index in [1.54, 1.807) is 0 Å². The molecule has 0 aromatic heterocycles. The van der Waals surface area contributed by atoms with Crippen LogP contribution in [0.5, 0.6) is 0 Å². The Kier molecular flexibility index (Phi) is 4.23. The zero-order valence-electron chi connectivity index (χ0n) is 6.92. The van der Waals surface area contributed by atoms with Gasteiger partial charge in [0.1, 0.15) is 0 Å². The minimum Gasteiger partial charge on any atom is -0.465 e. The lowest BCUT2D eigenvalue weighted by Gasteiger charge is -2.13. The summed E-state index contributed by atoms with van der Waals surface area (Å²) in [5.74, 6) is 0. The summed E-state index contributed by atoms with van der Waals surface area (Å²) < 4.78 is 24.4. The van der Waals surface area contributed by atoms with Crippen LogP contribution in [0, 0.1) is 0 Å². The summed E-state index contributed by atoms with van der Waals surface area (Å²) in [6.07, 6.45) is 1.06. The summed E-state index contributed by atoms with van der Waals surface area (Å²) in [4.78, 5) is 0. The third-order valence-corrected chi connectivity index (χ3v) is 1.87. The van der Waals surface area contributed by atoms with E-state index in [0.717, 1.165) is 6.26 Å². The Morgan fingerprint density at radius 1 is 1.45 bits per heavy atom. The van der Waals surface area contributed by atoms with Crippen molar-refractivity contribution in [3.05, 3.63) is 12.8 Å². The third kappa shape index (κ3) is 7.43. The molecule has 0 aromatic rings. The molecular weight excluding hydrogens is 180 g/mol. The first kappa shape index (κ1) is 10.5. The highest BCUT2D eigenvalue weighted by Gasteiger charge is 2.21. The Morgan fingerprint density at radius 3 is 2.36 bits per heavy atom. The van der Waals surface area contributed by atoms with Crippen molar-refractivity contribution in [3.8, 4) is 0 Å². The molecule has 0 aromatic carbocycles. The molecule has 0 amide bonds. The van der Waals surface area contributed by atoms with E-state index >= 15 is 0 Å². The normalized spacial score (nSPS) is 10.5. The lowest BCUT2D eigenvalue weighted by atomic mass is 11.2. The van der Waals surface area contributed by atoms with Gasteiger partial charge in [0, 0.05) is 0 Å². The summed E-state index contributed by atoms with van der Waals surface area (Å²) in [7, 11) is -4.29. The van der Waals surface area contributed by atoms with Crippen LogP contribution in [0.15, 0.2) is 12.8 Å². The van der Waals surface area contributed by atoms with Gasteiger partial charge in [0.2, 0.25) is 8.32 Å². The molecule has 0 fully saturated rings. The molecule has 6 heteroatoms. The monoisotopic (exact) mass is 192 g/mol. The maximum absolute atomic E-state index is 10.7. The fourth-order valence-corrected chi connectivity index (χ4v) is 1.69. The summed E-state index contributed by atoms with van der Waals surface area (Å²) in [5, 5.41) is 0. The standard InChI is InChI=1S/C5H12O4Si2/c1-5-7-10(6)8-9-11(2,3)4/h5H,1H2,2-4H3. The molecule has 11 heavy (non-hydrogen) atoms. The van der Waals surface area contributed by atoms with E-state index in [1.807, 2.05) is 19.6 Å². The third-order valence-electron chi connectivity index (χ3n) is 0.539. The van der Waals surface area contributed by atoms with E-state index < -0.39 is 17.5 Å². The van der Waals surface area contributed by atoms with Gasteiger partial charge in [-0.3, -0.25) is 9.04 Å². The fraction of sp³-hybridized carbons (Fsp3) is 0.600. The predicted octanol–water partition coefficient (Wildman–Crippen LogP) is 1.34. The summed E-state index contributed by atoms with van der Waals surface area (Å²) in [5.41, 5.74) is 0. The van der Waals surface area contributed by atoms with Gasteiger partial charge < -0.3 is 9.00 Å². The van der Waals surface area contributed by atoms with Gasteiger partial charge in [-0.05, 0) is 19.6 Å². The maximum Gasteiger partial charge on any atom is 0.805 e. The Labute approximate surface area is 68.7 Å². The van der Waals surface area contributed by atoms with Crippen LogP contribution < -0.4 is 0 Å². The van der Waals surface area contributed by atoms with Gasteiger partial charge in [-0.25, -0.2) is 0 Å². The molecule has 0 aliphatic heterocycles. The van der Waals surface area contributed by atoms with Crippen molar-refractivity contribution in [2.24, 2.45) is 0 Å². The largest absolute Gasteiger partial charge is 0.805 e. The van der Waals surface area contributed by atoms with Crippen LogP contribution >= 0.6 is 0 Å². The molecule has 0 unspecified atom stereocenters. The van der Waals surface area contributed by atoms with Crippen LogP contribution in [0.25, 0.3) is 0 Å². The van der Waals surface area contributed by atoms with Gasteiger partial charge in [-0.2, -0.15) is 0 Å². The molecule has 0 N–H and O–H groups in total. The highest BCUT2D eigenvalue weighted by molar-refractivity contribution is 6.69. The van der Waals surface area contributed by atoms with Crippen molar-refractivity contribution in [1.82, 2.24) is 0 Å². The van der Waals surface area contributed by atoms with Crippen LogP contribution in [-0.4, -0.2) is 17.5 Å². The Bertz CT molecular complexity index is 151. The van der Waals surface area contributed by atoms with Gasteiger partial charge in [0.15, 0.2) is 0 Å². The lowest BCUT2D eigenvalue weighted by Crippen LogP contribution is -2.28. The summed E-state index contributed by atoms with van der Waals surface area (Å²) in [6.45, 7) is 8.96. The quantitative estimate of drug-likeness (QED) is 0.285. The van der Waals surface area contributed by atoms with Crippen LogP contribution in [0.3, 0.4) is 0 Å². The Balaban J connectivity index is 3.54. The number of rotatable bonds is 5. The van der Waals surface area contributed by atoms with E-state index in [0.29, 0.717) is 0 Å². The second kappa shape index (κ2) is 4.42. The number of hydrogen-bond donors (Lipinski definition) is 0. The first-order valence-corrected chi connectivity index (χ1v) is 7.76. The van der Waals surface area contributed by atoms with Crippen molar-refractivity contribution in [2.75, 3.05) is 0 Å². The van der Waals surface area contributed by atoms with E-state index in [9.17, 15) is 4.46 Å². The minimum atomic E-state index is -2.53. The van der Waals surface area contributed by atoms with Crippen LogP contribution in [0.1, 0.15) is 0 Å². The highest BCUT2D eigenvalue weighted by Crippen LogP contribution is 2.02. The smallest absolute Gasteiger partial charge is 0.465 e. The van der Waals surface area contributed by atoms with Crippen molar-refractivity contribution < 1.29 is 18.0 Å². The summed E-state index contributed by atoms with van der Waals surface area (Å²) >= 11 is 0. The van der Waals surface area contributed by atoms with E-state index in [1.165, 1.54) is 0 Å². The molecule has 0 saturated heterocycles. The second-order valence-corrected chi connectivity index (χ2v) is 8.11. The van der Waals surface area contributed by atoms with Gasteiger partial charge >= 0.3 is 9.17 Å². The first-order chi connectivity index (χ1) is 4.95. The summed E-state index contributed by atoms with van der Waals surface area (Å²) in [6, 6.07) is 0. The molecule has 0 bridgehead atoms. The van der Waals surface area contributed by atoms with E-state index in [-0.39, 0.29) is 0 Å². The highest BCUT2D eigenvalue weighted by atomic mass is 28.4. The van der Waals surface area contributed by atoms with E-state index in [2.05, 4.69) is 15.6 Å². The van der Waals surface area contributed by atoms with Crippen molar-refractivity contribution in [2.45, 2.75) is 19.6 Å². The molecule has 0 aliphatic rings. The molecular formula is C5H12O4Si2. The number of hydrogen-bond acceptors (Lipinski definition) is 4. The predicted molar refractivity (Wildman–Crippen MR) is 43.2 cm³/mol. The molecule has 4 nitrogen and oxygen atoms in total. The molecule has 0 rings (SSSR count). The Morgan fingerprint density at radius 2 is 2.00 bits per heavy atom. The zero-order chi connectivity index (χ0) is 8.91. The van der Waals surface area contributed by atoms with Crippen molar-refractivity contribution >= 4 is 17.5 Å². The molecule has 0 atom stereocenters. The molecule has 0 saturated carbocycles. The van der Waals surface area contributed by atoms with Gasteiger partial charge in [0.25, 0.3) is 0 Å². The first-order valence-electron chi connectivity index (χ1n) is 3.13. The van der Waals surface area contributed by atoms with Crippen LogP contribution in [0.4, 0.5) is 0 Å². The average molecular weight is 192 g/mol. The zero-order valence-corrected chi connectivity index (χ0v) is 8.92. The maximum atomic E-state index is 10.7. The molecule has 0 radical (unpaired) electrons. The van der Waals surface area contributed by atoms with Gasteiger partial charge in [-0.15, -0.1) is 0 Å². The Hall–Kier alpha value is -0.466. The van der Waals surface area contributed by atoms with Gasteiger partial charge in [-0.1, -0.05) is 6.58 Å².